The first-order valence-corrected chi connectivity index (χ1v) is 9.69. The van der Waals surface area contributed by atoms with Gasteiger partial charge >= 0.3 is 6.36 Å². The average molecular weight is 436 g/mol. The molecule has 0 N–H and O–H groups in total. The molecule has 2 aromatic carbocycles. The number of benzene rings is 2. The van der Waals surface area contributed by atoms with Gasteiger partial charge in [-0.15, -0.1) is 13.2 Å². The minimum atomic E-state index is -4.80. The van der Waals surface area contributed by atoms with Gasteiger partial charge in [0.05, 0.1) is 11.4 Å². The van der Waals surface area contributed by atoms with Gasteiger partial charge in [0.25, 0.3) is 5.91 Å². The number of halogens is 4. The van der Waals surface area contributed by atoms with Crippen molar-refractivity contribution in [2.24, 2.45) is 0 Å². The van der Waals surface area contributed by atoms with Crippen molar-refractivity contribution in [1.29, 1.82) is 0 Å². The number of likely N-dealkylation sites (tertiary alicyclic amines) is 1. The molecule has 0 atom stereocenters. The zero-order chi connectivity index (χ0) is 21.3. The first-order chi connectivity index (χ1) is 14.3. The summed E-state index contributed by atoms with van der Waals surface area (Å²) in [6, 6.07) is 14.0. The van der Waals surface area contributed by atoms with Crippen LogP contribution in [-0.2, 0) is 0 Å². The third-order valence-corrected chi connectivity index (χ3v) is 4.97. The number of amides is 1. The lowest BCUT2D eigenvalue weighted by atomic mass is 10.1. The predicted octanol–water partition coefficient (Wildman–Crippen LogP) is 5.33. The van der Waals surface area contributed by atoms with E-state index in [1.54, 1.807) is 41.3 Å². The second-order valence-electron chi connectivity index (χ2n) is 6.88. The number of hydrogen-bond acceptors (Lipinski definition) is 3. The summed E-state index contributed by atoms with van der Waals surface area (Å²) in [6.45, 7) is 1.32. The normalized spacial score (nSPS) is 14.2. The summed E-state index contributed by atoms with van der Waals surface area (Å²) < 4.78 is 43.5. The van der Waals surface area contributed by atoms with Gasteiger partial charge in [0.2, 0.25) is 0 Å². The maximum absolute atomic E-state index is 12.8. The van der Waals surface area contributed by atoms with E-state index < -0.39 is 6.36 Å². The molecule has 5 nitrogen and oxygen atoms in total. The molecule has 1 fully saturated rings. The number of carbonyl (C=O) groups excluding carboxylic acids is 1. The Bertz CT molecular complexity index is 1080. The average Bonchev–Trinajstić information content (AvgIpc) is 3.37. The summed E-state index contributed by atoms with van der Waals surface area (Å²) in [5.41, 5.74) is 1.67. The number of alkyl halides is 3. The predicted molar refractivity (Wildman–Crippen MR) is 106 cm³/mol. The van der Waals surface area contributed by atoms with Crippen molar-refractivity contribution in [2.45, 2.75) is 19.2 Å². The van der Waals surface area contributed by atoms with Crippen molar-refractivity contribution in [3.63, 3.8) is 0 Å². The van der Waals surface area contributed by atoms with Gasteiger partial charge in [-0.3, -0.25) is 4.79 Å². The molecule has 3 aromatic rings. The molecule has 1 aromatic heterocycles. The summed E-state index contributed by atoms with van der Waals surface area (Å²) in [5, 5.41) is 4.92. The highest BCUT2D eigenvalue weighted by Crippen LogP contribution is 2.31. The molecule has 1 amide bonds. The summed E-state index contributed by atoms with van der Waals surface area (Å²) in [7, 11) is 0. The molecule has 156 valence electrons. The fraction of sp³-hybridized carbons (Fsp3) is 0.238. The van der Waals surface area contributed by atoms with Gasteiger partial charge in [-0.05, 0) is 49.2 Å². The smallest absolute Gasteiger partial charge is 0.406 e. The SMILES string of the molecule is O=C(c1cc(-c2cccc(OC(F)(F)F)c2)n(-c2cccc(Cl)c2)n1)N1CCCC1. The fourth-order valence-corrected chi connectivity index (χ4v) is 3.62. The van der Waals surface area contributed by atoms with E-state index >= 15 is 0 Å². The molecule has 1 aliphatic heterocycles. The maximum Gasteiger partial charge on any atom is 0.573 e. The Hall–Kier alpha value is -3.00. The van der Waals surface area contributed by atoms with E-state index in [0.29, 0.717) is 35.1 Å². The van der Waals surface area contributed by atoms with Crippen LogP contribution in [0.3, 0.4) is 0 Å². The first-order valence-electron chi connectivity index (χ1n) is 9.32. The monoisotopic (exact) mass is 435 g/mol. The quantitative estimate of drug-likeness (QED) is 0.556. The highest BCUT2D eigenvalue weighted by Gasteiger charge is 2.31. The van der Waals surface area contributed by atoms with E-state index in [2.05, 4.69) is 9.84 Å². The van der Waals surface area contributed by atoms with E-state index in [1.165, 1.54) is 22.9 Å². The van der Waals surface area contributed by atoms with Crippen molar-refractivity contribution < 1.29 is 22.7 Å². The van der Waals surface area contributed by atoms with Crippen LogP contribution in [0.2, 0.25) is 5.02 Å². The minimum Gasteiger partial charge on any atom is -0.406 e. The second kappa shape index (κ2) is 8.02. The van der Waals surface area contributed by atoms with Gasteiger partial charge in [-0.1, -0.05) is 29.8 Å². The van der Waals surface area contributed by atoms with Crippen LogP contribution in [0.1, 0.15) is 23.3 Å². The lowest BCUT2D eigenvalue weighted by Gasteiger charge is -2.12. The van der Waals surface area contributed by atoms with Gasteiger partial charge in [0, 0.05) is 23.7 Å². The molecule has 0 unspecified atom stereocenters. The zero-order valence-corrected chi connectivity index (χ0v) is 16.5. The lowest BCUT2D eigenvalue weighted by Crippen LogP contribution is -2.28. The van der Waals surface area contributed by atoms with Crippen molar-refractivity contribution in [3.05, 3.63) is 65.3 Å². The summed E-state index contributed by atoms with van der Waals surface area (Å²) in [6.07, 6.45) is -2.93. The Morgan fingerprint density at radius 2 is 1.77 bits per heavy atom. The van der Waals surface area contributed by atoms with Crippen molar-refractivity contribution >= 4 is 17.5 Å². The van der Waals surface area contributed by atoms with Gasteiger partial charge in [0.1, 0.15) is 5.75 Å². The van der Waals surface area contributed by atoms with E-state index in [-0.39, 0.29) is 17.4 Å². The Labute approximate surface area is 175 Å². The highest BCUT2D eigenvalue weighted by molar-refractivity contribution is 6.30. The van der Waals surface area contributed by atoms with Gasteiger partial charge in [-0.25, -0.2) is 4.68 Å². The molecule has 0 saturated carbocycles. The second-order valence-corrected chi connectivity index (χ2v) is 7.32. The van der Waals surface area contributed by atoms with Gasteiger partial charge < -0.3 is 9.64 Å². The van der Waals surface area contributed by atoms with Crippen molar-refractivity contribution in [1.82, 2.24) is 14.7 Å². The Kier molecular flexibility index (Phi) is 5.42. The third-order valence-electron chi connectivity index (χ3n) is 4.74. The van der Waals surface area contributed by atoms with Crippen LogP contribution in [0.15, 0.2) is 54.6 Å². The van der Waals surface area contributed by atoms with E-state index in [4.69, 9.17) is 11.6 Å². The molecular formula is C21H17ClF3N3O2. The molecule has 9 heteroatoms. The number of hydrogen-bond donors (Lipinski definition) is 0. The molecule has 1 aliphatic rings. The molecule has 0 spiro atoms. The van der Waals surface area contributed by atoms with E-state index in [0.717, 1.165) is 12.8 Å². The maximum atomic E-state index is 12.8. The van der Waals surface area contributed by atoms with Crippen LogP contribution in [0, 0.1) is 0 Å². The van der Waals surface area contributed by atoms with Gasteiger partial charge in [0.15, 0.2) is 5.69 Å². The van der Waals surface area contributed by atoms with Crippen LogP contribution in [0.25, 0.3) is 16.9 Å². The molecule has 0 bridgehead atoms. The standard InChI is InChI=1S/C21H17ClF3N3O2/c22-15-6-4-7-16(12-15)28-19(13-18(26-28)20(29)27-9-1-2-10-27)14-5-3-8-17(11-14)30-21(23,24)25/h3-8,11-13H,1-2,9-10H2. The molecule has 1 saturated heterocycles. The molecule has 0 aliphatic carbocycles. The Balaban J connectivity index is 1.79. The fourth-order valence-electron chi connectivity index (χ4n) is 3.43. The number of ether oxygens (including phenoxy) is 1. The first kappa shape index (κ1) is 20.3. The van der Waals surface area contributed by atoms with Crippen LogP contribution in [-0.4, -0.2) is 40.0 Å². The van der Waals surface area contributed by atoms with Crippen LogP contribution < -0.4 is 4.74 Å². The van der Waals surface area contributed by atoms with Crippen LogP contribution in [0.4, 0.5) is 13.2 Å². The Morgan fingerprint density at radius 1 is 1.03 bits per heavy atom. The summed E-state index contributed by atoms with van der Waals surface area (Å²) in [4.78, 5) is 14.6. The molecule has 0 radical (unpaired) electrons. The highest BCUT2D eigenvalue weighted by atomic mass is 35.5. The number of rotatable bonds is 4. The molecule has 2 heterocycles. The van der Waals surface area contributed by atoms with E-state index in [1.807, 2.05) is 0 Å². The van der Waals surface area contributed by atoms with Crippen molar-refractivity contribution in [3.8, 4) is 22.7 Å². The van der Waals surface area contributed by atoms with Crippen molar-refractivity contribution in [2.75, 3.05) is 13.1 Å². The Morgan fingerprint density at radius 3 is 2.47 bits per heavy atom. The molecule has 30 heavy (non-hydrogen) atoms. The molecular weight excluding hydrogens is 419 g/mol. The lowest BCUT2D eigenvalue weighted by molar-refractivity contribution is -0.274. The zero-order valence-electron chi connectivity index (χ0n) is 15.7. The van der Waals surface area contributed by atoms with Gasteiger partial charge in [-0.2, -0.15) is 5.10 Å². The van der Waals surface area contributed by atoms with E-state index in [9.17, 15) is 18.0 Å². The number of carbonyl (C=O) groups is 1. The van der Waals surface area contributed by atoms with Crippen LogP contribution in [0.5, 0.6) is 5.75 Å². The minimum absolute atomic E-state index is 0.211. The number of nitrogens with zero attached hydrogens (tertiary/aromatic N) is 3. The largest absolute Gasteiger partial charge is 0.573 e. The third kappa shape index (κ3) is 4.43. The summed E-state index contributed by atoms with van der Waals surface area (Å²) >= 11 is 6.10. The number of aromatic nitrogens is 2. The van der Waals surface area contributed by atoms with Crippen LogP contribution >= 0.6 is 11.6 Å². The topological polar surface area (TPSA) is 47.4 Å². The molecule has 4 rings (SSSR count). The summed E-state index contributed by atoms with van der Waals surface area (Å²) in [5.74, 6) is -0.566.